The molecular weight excluding hydrogens is 681 g/mol. The van der Waals surface area contributed by atoms with Crippen LogP contribution in [0.4, 0.5) is 0 Å². The zero-order valence-electron chi connectivity index (χ0n) is 31.6. The fourth-order valence-electron chi connectivity index (χ4n) is 9.33. The normalized spacial score (nSPS) is 26.6. The van der Waals surface area contributed by atoms with Crippen LogP contribution in [0.1, 0.15) is 73.6 Å². The number of benzene rings is 4. The Morgan fingerprint density at radius 3 is 1.06 bits per heavy atom. The van der Waals surface area contributed by atoms with Crippen molar-refractivity contribution in [1.29, 1.82) is 0 Å². The van der Waals surface area contributed by atoms with Gasteiger partial charge in [0.1, 0.15) is 36.6 Å². The summed E-state index contributed by atoms with van der Waals surface area (Å²) in [5.74, 6) is -0.822. The van der Waals surface area contributed by atoms with Gasteiger partial charge in [-0.25, -0.2) is 0 Å². The Hall–Kier alpha value is -2.93. The monoisotopic (exact) mass is 736 g/mol. The minimum absolute atomic E-state index is 0.347. The molecule has 3 aliphatic rings. The second-order valence-corrected chi connectivity index (χ2v) is 25.6. The van der Waals surface area contributed by atoms with Crippen molar-refractivity contribution >= 4 is 37.4 Å². The summed E-state index contributed by atoms with van der Waals surface area (Å²) < 4.78 is 29.6. The van der Waals surface area contributed by atoms with Crippen LogP contribution in [-0.2, 0) is 18.3 Å². The third kappa shape index (κ3) is 6.39. The van der Waals surface area contributed by atoms with Gasteiger partial charge in [-0.2, -0.15) is 0 Å². The molecule has 6 nitrogen and oxygen atoms in total. The van der Waals surface area contributed by atoms with Crippen molar-refractivity contribution in [2.45, 2.75) is 126 Å². The van der Waals surface area contributed by atoms with Crippen molar-refractivity contribution in [2.75, 3.05) is 0 Å². The van der Waals surface area contributed by atoms with E-state index in [-0.39, 0.29) is 10.1 Å². The van der Waals surface area contributed by atoms with Crippen molar-refractivity contribution in [3.8, 4) is 0 Å². The number of rotatable bonds is 8. The van der Waals surface area contributed by atoms with Crippen LogP contribution in [0.5, 0.6) is 0 Å². The number of aliphatic hydroxyl groups is 2. The Bertz CT molecular complexity index is 1550. The molecule has 0 aromatic heterocycles. The first-order chi connectivity index (χ1) is 24.8. The Balaban J connectivity index is 1.38. The average Bonchev–Trinajstić information content (AvgIpc) is 3.50. The van der Waals surface area contributed by atoms with E-state index in [2.05, 4.69) is 139 Å². The van der Waals surface area contributed by atoms with Gasteiger partial charge in [-0.1, -0.05) is 169 Å². The molecule has 2 aliphatic carbocycles. The van der Waals surface area contributed by atoms with E-state index in [9.17, 15) is 10.2 Å². The second kappa shape index (κ2) is 14.4. The molecule has 1 spiro atoms. The van der Waals surface area contributed by atoms with Crippen molar-refractivity contribution < 1.29 is 28.5 Å². The molecule has 0 radical (unpaired) electrons. The fraction of sp³-hybridized carbons (Fsp3) is 0.455. The lowest BCUT2D eigenvalue weighted by molar-refractivity contribution is -0.202. The second-order valence-electron chi connectivity index (χ2n) is 17.1. The van der Waals surface area contributed by atoms with E-state index in [4.69, 9.17) is 18.3 Å². The first-order valence-corrected chi connectivity index (χ1v) is 22.9. The average molecular weight is 737 g/mol. The lowest BCUT2D eigenvalue weighted by Gasteiger charge is -2.53. The highest BCUT2D eigenvalue weighted by molar-refractivity contribution is 7.00. The van der Waals surface area contributed by atoms with Gasteiger partial charge in [-0.3, -0.25) is 0 Å². The smallest absolute Gasteiger partial charge is 0.261 e. The maximum absolute atomic E-state index is 12.6. The summed E-state index contributed by atoms with van der Waals surface area (Å²) in [6.45, 7) is 13.4. The van der Waals surface area contributed by atoms with Crippen LogP contribution < -0.4 is 20.7 Å². The van der Waals surface area contributed by atoms with Crippen LogP contribution in [0.15, 0.2) is 121 Å². The first-order valence-electron chi connectivity index (χ1n) is 19.1. The van der Waals surface area contributed by atoms with Gasteiger partial charge in [-0.05, 0) is 43.7 Å². The van der Waals surface area contributed by atoms with Gasteiger partial charge in [0.25, 0.3) is 16.6 Å². The summed E-state index contributed by atoms with van der Waals surface area (Å²) in [6, 6.07) is 41.8. The molecular formula is C44H56O6Si2. The lowest BCUT2D eigenvalue weighted by atomic mass is 9.85. The molecule has 2 saturated carbocycles. The Kier molecular flexibility index (Phi) is 10.3. The van der Waals surface area contributed by atoms with Gasteiger partial charge in [0.15, 0.2) is 5.79 Å². The largest absolute Gasteiger partial charge is 0.399 e. The van der Waals surface area contributed by atoms with E-state index in [0.29, 0.717) is 0 Å². The van der Waals surface area contributed by atoms with Gasteiger partial charge in [0.05, 0.1) is 0 Å². The minimum Gasteiger partial charge on any atom is -0.399 e. The lowest BCUT2D eigenvalue weighted by Crippen LogP contribution is -2.75. The van der Waals surface area contributed by atoms with E-state index in [1.54, 1.807) is 0 Å². The molecule has 0 unspecified atom stereocenters. The fourth-order valence-corrected chi connectivity index (χ4v) is 18.7. The molecule has 0 bridgehead atoms. The number of hydrogen-bond acceptors (Lipinski definition) is 6. The van der Waals surface area contributed by atoms with E-state index in [1.807, 2.05) is 24.3 Å². The molecule has 4 aromatic rings. The highest BCUT2D eigenvalue weighted by atomic mass is 28.4. The van der Waals surface area contributed by atoms with Gasteiger partial charge in [0, 0.05) is 12.8 Å². The molecule has 1 aliphatic heterocycles. The van der Waals surface area contributed by atoms with Crippen LogP contribution in [0.3, 0.4) is 0 Å². The van der Waals surface area contributed by atoms with Crippen molar-refractivity contribution in [3.63, 3.8) is 0 Å². The Morgan fingerprint density at radius 1 is 0.500 bits per heavy atom. The molecule has 276 valence electrons. The van der Waals surface area contributed by atoms with Crippen LogP contribution in [-0.4, -0.2) is 69.3 Å². The summed E-state index contributed by atoms with van der Waals surface area (Å²) in [6.07, 6.45) is -1.05. The molecule has 8 heteroatoms. The molecule has 3 fully saturated rings. The molecule has 1 heterocycles. The maximum atomic E-state index is 12.6. The van der Waals surface area contributed by atoms with Crippen molar-refractivity contribution in [2.24, 2.45) is 0 Å². The number of aliphatic hydroxyl groups excluding tert-OH is 2. The number of fused-ring (bicyclic) bond motifs is 1. The summed E-state index contributed by atoms with van der Waals surface area (Å²) in [5.41, 5.74) is 0. The first kappa shape index (κ1) is 37.4. The molecule has 0 amide bonds. The molecule has 52 heavy (non-hydrogen) atoms. The van der Waals surface area contributed by atoms with E-state index < -0.39 is 59.0 Å². The zero-order chi connectivity index (χ0) is 36.8. The third-order valence-corrected chi connectivity index (χ3v) is 21.8. The van der Waals surface area contributed by atoms with E-state index in [0.717, 1.165) is 52.9 Å². The minimum atomic E-state index is -3.17. The SMILES string of the molecule is CC(C)(C)[Si](O[C@@H]1[C@@H](O)[C@H](O)[C@@H](O[Si](c2ccccc2)(c2ccccc2)C(C)(C)C)[C@H]2OC3(CCCCC3)O[C@H]21)(c1ccccc1)c1ccccc1. The van der Waals surface area contributed by atoms with Crippen LogP contribution in [0.25, 0.3) is 0 Å². The predicted molar refractivity (Wildman–Crippen MR) is 213 cm³/mol. The van der Waals surface area contributed by atoms with Gasteiger partial charge >= 0.3 is 0 Å². The van der Waals surface area contributed by atoms with Crippen molar-refractivity contribution in [1.82, 2.24) is 0 Å². The summed E-state index contributed by atoms with van der Waals surface area (Å²) in [7, 11) is -6.34. The zero-order valence-corrected chi connectivity index (χ0v) is 33.6. The molecule has 4 aromatic carbocycles. The third-order valence-electron chi connectivity index (χ3n) is 11.8. The summed E-state index contributed by atoms with van der Waals surface area (Å²) in [4.78, 5) is 0. The van der Waals surface area contributed by atoms with Gasteiger partial charge in [0.2, 0.25) is 0 Å². The molecule has 2 N–H and O–H groups in total. The Morgan fingerprint density at radius 2 is 0.788 bits per heavy atom. The van der Waals surface area contributed by atoms with E-state index >= 15 is 0 Å². The number of hydrogen-bond donors (Lipinski definition) is 2. The van der Waals surface area contributed by atoms with Crippen LogP contribution >= 0.6 is 0 Å². The summed E-state index contributed by atoms with van der Waals surface area (Å²) in [5, 5.41) is 28.8. The molecule has 6 atom stereocenters. The maximum Gasteiger partial charge on any atom is 0.261 e. The van der Waals surface area contributed by atoms with Gasteiger partial charge < -0.3 is 28.5 Å². The van der Waals surface area contributed by atoms with E-state index in [1.165, 1.54) is 0 Å². The topological polar surface area (TPSA) is 77.4 Å². The highest BCUT2D eigenvalue weighted by Crippen LogP contribution is 2.50. The Labute approximate surface area is 312 Å². The standard InChI is InChI=1S/C44H56O6Si2/c1-42(2,3)51(32-22-12-7-13-23-32,33-24-14-8-15-25-33)49-38-36(45)37(46)39(41-40(38)47-44(48-41)30-20-11-21-31-44)50-52(43(4,5)6,34-26-16-9-17-27-34)35-28-18-10-19-29-35/h7-10,12-19,22-29,36-41,45-46H,11,20-21,30-31H2,1-6H3/t36-,37-,38+,39+,40-,41+/m0/s1. The molecule has 7 rings (SSSR count). The summed E-state index contributed by atoms with van der Waals surface area (Å²) >= 11 is 0. The van der Waals surface area contributed by atoms with Crippen LogP contribution in [0.2, 0.25) is 10.1 Å². The van der Waals surface area contributed by atoms with Crippen LogP contribution in [0, 0.1) is 0 Å². The van der Waals surface area contributed by atoms with Gasteiger partial charge in [-0.15, -0.1) is 0 Å². The predicted octanol–water partition coefficient (Wildman–Crippen LogP) is 6.06. The quantitative estimate of drug-likeness (QED) is 0.215. The van der Waals surface area contributed by atoms with Crippen molar-refractivity contribution in [3.05, 3.63) is 121 Å². The highest BCUT2D eigenvalue weighted by Gasteiger charge is 2.66. The number of ether oxygens (including phenoxy) is 2. The molecule has 1 saturated heterocycles.